The Kier molecular flexibility index (Phi) is 2.96. The summed E-state index contributed by atoms with van der Waals surface area (Å²) in [5, 5.41) is 19.9. The van der Waals surface area contributed by atoms with E-state index in [1.165, 1.54) is 0 Å². The van der Waals surface area contributed by atoms with Crippen molar-refractivity contribution in [1.82, 2.24) is 0 Å². The zero-order valence-corrected chi connectivity index (χ0v) is 13.1. The molecular formula is C17H28O3. The minimum absolute atomic E-state index is 0.0148. The van der Waals surface area contributed by atoms with Crippen LogP contribution < -0.4 is 0 Å². The SMILES string of the molecule is C[C@@H]1CC[C@@]23[C@H](C1)C(=O)[C@@](C)([C@@H](CO)[C@H]2CO)C3(C)C. The Bertz CT molecular complexity index is 444. The van der Waals surface area contributed by atoms with Crippen molar-refractivity contribution in [1.29, 1.82) is 0 Å². The summed E-state index contributed by atoms with van der Waals surface area (Å²) in [6.07, 6.45) is 3.12. The molecule has 6 atom stereocenters. The van der Waals surface area contributed by atoms with E-state index in [4.69, 9.17) is 0 Å². The number of rotatable bonds is 2. The van der Waals surface area contributed by atoms with Crippen molar-refractivity contribution in [2.75, 3.05) is 13.2 Å². The van der Waals surface area contributed by atoms with Crippen LogP contribution in [0, 0.1) is 39.9 Å². The van der Waals surface area contributed by atoms with Gasteiger partial charge >= 0.3 is 0 Å². The summed E-state index contributed by atoms with van der Waals surface area (Å²) < 4.78 is 0. The van der Waals surface area contributed by atoms with Gasteiger partial charge in [-0.3, -0.25) is 4.79 Å². The lowest BCUT2D eigenvalue weighted by atomic mass is 9.53. The zero-order valence-electron chi connectivity index (χ0n) is 13.1. The first kappa shape index (κ1) is 14.5. The molecule has 2 N–H and O–H groups in total. The molecule has 3 nitrogen and oxygen atoms in total. The van der Waals surface area contributed by atoms with Crippen molar-refractivity contribution in [3.8, 4) is 0 Å². The highest BCUT2D eigenvalue weighted by Crippen LogP contribution is 2.79. The predicted molar refractivity (Wildman–Crippen MR) is 77.0 cm³/mol. The molecule has 0 unspecified atom stereocenters. The second kappa shape index (κ2) is 4.07. The molecule has 3 heteroatoms. The third-order valence-corrected chi connectivity index (χ3v) is 7.88. The molecule has 0 aromatic rings. The maximum Gasteiger partial charge on any atom is 0.143 e. The van der Waals surface area contributed by atoms with Crippen molar-refractivity contribution >= 4 is 5.78 Å². The lowest BCUT2D eigenvalue weighted by molar-refractivity contribution is -0.144. The highest BCUT2D eigenvalue weighted by molar-refractivity contribution is 5.93. The fourth-order valence-corrected chi connectivity index (χ4v) is 6.55. The third-order valence-electron chi connectivity index (χ3n) is 7.88. The summed E-state index contributed by atoms with van der Waals surface area (Å²) in [6, 6.07) is 0. The molecule has 3 aliphatic carbocycles. The maximum absolute atomic E-state index is 13.1. The van der Waals surface area contributed by atoms with Gasteiger partial charge < -0.3 is 10.2 Å². The molecule has 0 aliphatic heterocycles. The number of aliphatic hydroxyl groups is 2. The van der Waals surface area contributed by atoms with Crippen molar-refractivity contribution in [2.45, 2.75) is 47.0 Å². The Morgan fingerprint density at radius 1 is 1.15 bits per heavy atom. The van der Waals surface area contributed by atoms with Crippen LogP contribution in [0.1, 0.15) is 47.0 Å². The summed E-state index contributed by atoms with van der Waals surface area (Å²) in [4.78, 5) is 13.1. The fourth-order valence-electron chi connectivity index (χ4n) is 6.55. The molecule has 0 radical (unpaired) electrons. The number of aliphatic hydroxyl groups excluding tert-OH is 2. The fraction of sp³-hybridized carbons (Fsp3) is 0.941. The number of ketones is 1. The zero-order chi connectivity index (χ0) is 14.9. The van der Waals surface area contributed by atoms with Crippen LogP contribution >= 0.6 is 0 Å². The van der Waals surface area contributed by atoms with Crippen molar-refractivity contribution < 1.29 is 15.0 Å². The lowest BCUT2D eigenvalue weighted by Gasteiger charge is -2.51. The minimum Gasteiger partial charge on any atom is -0.396 e. The monoisotopic (exact) mass is 280 g/mol. The van der Waals surface area contributed by atoms with Crippen LogP contribution in [0.5, 0.6) is 0 Å². The van der Waals surface area contributed by atoms with Gasteiger partial charge in [-0.2, -0.15) is 0 Å². The Labute approximate surface area is 121 Å². The first-order valence-electron chi connectivity index (χ1n) is 8.05. The molecule has 0 amide bonds. The predicted octanol–water partition coefficient (Wildman–Crippen LogP) is 2.25. The van der Waals surface area contributed by atoms with Gasteiger partial charge in [0.2, 0.25) is 0 Å². The van der Waals surface area contributed by atoms with Crippen LogP contribution in [0.15, 0.2) is 0 Å². The first-order valence-corrected chi connectivity index (χ1v) is 8.05. The van der Waals surface area contributed by atoms with Gasteiger partial charge in [-0.05, 0) is 35.5 Å². The second-order valence-electron chi connectivity index (χ2n) is 8.24. The van der Waals surface area contributed by atoms with E-state index < -0.39 is 5.41 Å². The second-order valence-corrected chi connectivity index (χ2v) is 8.24. The molecule has 0 aromatic carbocycles. The van der Waals surface area contributed by atoms with E-state index in [1.807, 2.05) is 0 Å². The maximum atomic E-state index is 13.1. The summed E-state index contributed by atoms with van der Waals surface area (Å²) in [5.41, 5.74) is -0.722. The Hall–Kier alpha value is -0.410. The van der Waals surface area contributed by atoms with E-state index in [0.29, 0.717) is 11.7 Å². The standard InChI is InChI=1S/C17H28O3/c1-10-5-6-17-11(7-10)14(20)16(4,15(17,2)3)12(8-18)13(17)9-19/h10-13,18-19H,5-9H2,1-4H3/t10-,11-,12+,13-,16-,17-/m1/s1. The van der Waals surface area contributed by atoms with Gasteiger partial charge in [0.05, 0.1) is 0 Å². The van der Waals surface area contributed by atoms with Crippen molar-refractivity contribution in [3.05, 3.63) is 0 Å². The van der Waals surface area contributed by atoms with E-state index in [1.54, 1.807) is 0 Å². The third kappa shape index (κ3) is 1.20. The highest BCUT2D eigenvalue weighted by Gasteiger charge is 2.80. The molecule has 0 saturated heterocycles. The molecule has 3 fully saturated rings. The Balaban J connectivity index is 2.20. The summed E-state index contributed by atoms with van der Waals surface area (Å²) in [7, 11) is 0. The molecule has 0 heterocycles. The summed E-state index contributed by atoms with van der Waals surface area (Å²) >= 11 is 0. The number of hydrogen-bond donors (Lipinski definition) is 2. The molecule has 114 valence electrons. The van der Waals surface area contributed by atoms with Gasteiger partial charge in [0.25, 0.3) is 0 Å². The van der Waals surface area contributed by atoms with Crippen LogP contribution in [0.2, 0.25) is 0 Å². The highest BCUT2D eigenvalue weighted by atomic mass is 16.3. The largest absolute Gasteiger partial charge is 0.396 e. The van der Waals surface area contributed by atoms with E-state index >= 15 is 0 Å². The van der Waals surface area contributed by atoms with Gasteiger partial charge in [0.1, 0.15) is 5.78 Å². The average Bonchev–Trinajstić information content (AvgIpc) is 2.63. The van der Waals surface area contributed by atoms with E-state index in [9.17, 15) is 15.0 Å². The number of fused-ring (bicyclic) bond motifs is 1. The lowest BCUT2D eigenvalue weighted by Crippen LogP contribution is -2.50. The minimum atomic E-state index is -0.482. The molecule has 1 spiro atoms. The molecular weight excluding hydrogens is 252 g/mol. The number of hydrogen-bond acceptors (Lipinski definition) is 3. The topological polar surface area (TPSA) is 57.5 Å². The van der Waals surface area contributed by atoms with Crippen LogP contribution in [-0.4, -0.2) is 29.2 Å². The Morgan fingerprint density at radius 3 is 2.30 bits per heavy atom. The quantitative estimate of drug-likeness (QED) is 0.815. The molecule has 0 aromatic heterocycles. The van der Waals surface area contributed by atoms with Gasteiger partial charge in [-0.1, -0.05) is 34.1 Å². The molecule has 3 saturated carbocycles. The van der Waals surface area contributed by atoms with Crippen LogP contribution in [0.4, 0.5) is 0 Å². The number of carbonyl (C=O) groups excluding carboxylic acids is 1. The molecule has 3 rings (SSSR count). The smallest absolute Gasteiger partial charge is 0.143 e. The summed E-state index contributed by atoms with van der Waals surface area (Å²) in [5.74, 6) is 1.03. The normalized spacial score (nSPS) is 53.2. The Morgan fingerprint density at radius 2 is 1.75 bits per heavy atom. The van der Waals surface area contributed by atoms with E-state index in [0.717, 1.165) is 19.3 Å². The molecule has 2 bridgehead atoms. The van der Waals surface area contributed by atoms with Crippen LogP contribution in [0.3, 0.4) is 0 Å². The number of Topliss-reactive ketones (excluding diaryl/α,β-unsaturated/α-hetero) is 1. The van der Waals surface area contributed by atoms with Gasteiger partial charge in [-0.15, -0.1) is 0 Å². The number of carbonyl (C=O) groups is 1. The van der Waals surface area contributed by atoms with Gasteiger partial charge in [0, 0.05) is 30.5 Å². The van der Waals surface area contributed by atoms with Gasteiger partial charge in [-0.25, -0.2) is 0 Å². The molecule has 3 aliphatic rings. The van der Waals surface area contributed by atoms with Gasteiger partial charge in [0.15, 0.2) is 0 Å². The van der Waals surface area contributed by atoms with Crippen molar-refractivity contribution in [3.63, 3.8) is 0 Å². The van der Waals surface area contributed by atoms with Crippen LogP contribution in [-0.2, 0) is 4.79 Å². The van der Waals surface area contributed by atoms with Crippen molar-refractivity contribution in [2.24, 2.45) is 39.9 Å². The summed E-state index contributed by atoms with van der Waals surface area (Å²) in [6.45, 7) is 8.82. The molecule has 20 heavy (non-hydrogen) atoms. The van der Waals surface area contributed by atoms with E-state index in [2.05, 4.69) is 27.7 Å². The van der Waals surface area contributed by atoms with Crippen LogP contribution in [0.25, 0.3) is 0 Å². The first-order chi connectivity index (χ1) is 9.29. The average molecular weight is 280 g/mol. The van der Waals surface area contributed by atoms with E-state index in [-0.39, 0.29) is 41.8 Å².